The third-order valence-corrected chi connectivity index (χ3v) is 4.42. The summed E-state index contributed by atoms with van der Waals surface area (Å²) in [6.07, 6.45) is 3.94. The highest BCUT2D eigenvalue weighted by Crippen LogP contribution is 2.27. The Kier molecular flexibility index (Phi) is 4.22. The first kappa shape index (κ1) is 15.4. The molecule has 7 heteroatoms. The molecule has 0 aliphatic heterocycles. The molecule has 0 fully saturated rings. The van der Waals surface area contributed by atoms with Crippen molar-refractivity contribution >= 4 is 21.2 Å². The van der Waals surface area contributed by atoms with Gasteiger partial charge in [-0.3, -0.25) is 4.68 Å². The summed E-state index contributed by atoms with van der Waals surface area (Å²) in [5.74, 6) is 0. The average molecular weight is 308 g/mol. The van der Waals surface area contributed by atoms with Crippen molar-refractivity contribution in [3.8, 4) is 0 Å². The first-order chi connectivity index (χ1) is 9.82. The molecule has 0 saturated heterocycles. The van der Waals surface area contributed by atoms with Crippen molar-refractivity contribution in [1.82, 2.24) is 9.78 Å². The van der Waals surface area contributed by atoms with Crippen LogP contribution in [0.3, 0.4) is 0 Å². The van der Waals surface area contributed by atoms with Gasteiger partial charge in [-0.25, -0.2) is 8.42 Å². The van der Waals surface area contributed by atoms with E-state index >= 15 is 0 Å². The highest BCUT2D eigenvalue weighted by atomic mass is 32.2. The highest BCUT2D eigenvalue weighted by Gasteiger charge is 2.14. The fraction of sp³-hybridized carbons (Fsp3) is 0.357. The molecule has 0 saturated carbocycles. The molecule has 0 aliphatic carbocycles. The van der Waals surface area contributed by atoms with Crippen LogP contribution in [0.2, 0.25) is 0 Å². The standard InChI is InChI=1S/C14H20N4O2S/c1-4-11-10(9-18(2)17-11)8-16-12-6-5-7-13(14(12)15)21(3,19)20/h5-7,9,16H,4,8,15H2,1-3H3. The smallest absolute Gasteiger partial charge is 0.177 e. The minimum absolute atomic E-state index is 0.148. The van der Waals surface area contributed by atoms with Crippen molar-refractivity contribution in [2.75, 3.05) is 17.3 Å². The maximum atomic E-state index is 11.7. The van der Waals surface area contributed by atoms with E-state index in [2.05, 4.69) is 10.4 Å². The van der Waals surface area contributed by atoms with Gasteiger partial charge in [-0.15, -0.1) is 0 Å². The van der Waals surface area contributed by atoms with Gasteiger partial charge >= 0.3 is 0 Å². The molecule has 1 aromatic carbocycles. The van der Waals surface area contributed by atoms with Gasteiger partial charge in [-0.05, 0) is 18.6 Å². The van der Waals surface area contributed by atoms with Crippen LogP contribution >= 0.6 is 0 Å². The van der Waals surface area contributed by atoms with Crippen LogP contribution in [0.15, 0.2) is 29.3 Å². The summed E-state index contributed by atoms with van der Waals surface area (Å²) in [5, 5.41) is 7.56. The lowest BCUT2D eigenvalue weighted by atomic mass is 10.2. The van der Waals surface area contributed by atoms with E-state index in [9.17, 15) is 8.42 Å². The fourth-order valence-electron chi connectivity index (χ4n) is 2.24. The van der Waals surface area contributed by atoms with Crippen molar-refractivity contribution in [2.45, 2.75) is 24.8 Å². The van der Waals surface area contributed by atoms with Crippen molar-refractivity contribution in [1.29, 1.82) is 0 Å². The van der Waals surface area contributed by atoms with Crippen molar-refractivity contribution in [3.05, 3.63) is 35.7 Å². The van der Waals surface area contributed by atoms with Crippen LogP contribution in [0.4, 0.5) is 11.4 Å². The summed E-state index contributed by atoms with van der Waals surface area (Å²) < 4.78 is 25.1. The summed E-state index contributed by atoms with van der Waals surface area (Å²) in [6, 6.07) is 4.96. The Labute approximate surface area is 124 Å². The molecule has 1 heterocycles. The second-order valence-corrected chi connectivity index (χ2v) is 6.96. The monoisotopic (exact) mass is 308 g/mol. The first-order valence-electron chi connectivity index (χ1n) is 6.66. The number of anilines is 2. The molecule has 0 spiro atoms. The van der Waals surface area contributed by atoms with Gasteiger partial charge in [0.1, 0.15) is 0 Å². The predicted octanol–water partition coefficient (Wildman–Crippen LogP) is 1.58. The minimum atomic E-state index is -3.33. The van der Waals surface area contributed by atoms with Crippen LogP contribution < -0.4 is 11.1 Å². The number of aryl methyl sites for hydroxylation is 2. The van der Waals surface area contributed by atoms with Crippen molar-refractivity contribution in [3.63, 3.8) is 0 Å². The third-order valence-electron chi connectivity index (χ3n) is 3.26. The van der Waals surface area contributed by atoms with Gasteiger partial charge in [0, 0.05) is 31.6 Å². The summed E-state index contributed by atoms with van der Waals surface area (Å²) in [6.45, 7) is 2.60. The van der Waals surface area contributed by atoms with Crippen LogP contribution in [0.25, 0.3) is 0 Å². The summed E-state index contributed by atoms with van der Waals surface area (Å²) in [4.78, 5) is 0.148. The lowest BCUT2D eigenvalue weighted by Crippen LogP contribution is -2.08. The van der Waals surface area contributed by atoms with Gasteiger partial charge in [-0.1, -0.05) is 13.0 Å². The van der Waals surface area contributed by atoms with Crippen LogP contribution in [-0.4, -0.2) is 24.5 Å². The van der Waals surface area contributed by atoms with E-state index in [1.807, 2.05) is 20.2 Å². The number of benzene rings is 1. The molecule has 0 bridgehead atoms. The van der Waals surface area contributed by atoms with Crippen molar-refractivity contribution in [2.24, 2.45) is 7.05 Å². The lowest BCUT2D eigenvalue weighted by Gasteiger charge is -2.12. The van der Waals surface area contributed by atoms with Gasteiger partial charge in [0.25, 0.3) is 0 Å². The van der Waals surface area contributed by atoms with Crippen molar-refractivity contribution < 1.29 is 8.42 Å². The van der Waals surface area contributed by atoms with E-state index in [0.717, 1.165) is 23.9 Å². The second kappa shape index (κ2) is 5.77. The number of aromatic nitrogens is 2. The molecule has 0 aliphatic rings. The molecule has 21 heavy (non-hydrogen) atoms. The molecule has 1 aromatic heterocycles. The highest BCUT2D eigenvalue weighted by molar-refractivity contribution is 7.90. The van der Waals surface area contributed by atoms with Gasteiger partial charge in [0.2, 0.25) is 0 Å². The SMILES string of the molecule is CCc1nn(C)cc1CNc1cccc(S(C)(=O)=O)c1N. The zero-order chi connectivity index (χ0) is 15.6. The molecule has 0 radical (unpaired) electrons. The zero-order valence-electron chi connectivity index (χ0n) is 12.4. The fourth-order valence-corrected chi connectivity index (χ4v) is 3.08. The number of nitrogens with two attached hydrogens (primary N) is 1. The van der Waals surface area contributed by atoms with E-state index in [0.29, 0.717) is 12.2 Å². The number of rotatable bonds is 5. The van der Waals surface area contributed by atoms with E-state index in [1.165, 1.54) is 6.07 Å². The summed E-state index contributed by atoms with van der Waals surface area (Å²) in [7, 11) is -1.45. The average Bonchev–Trinajstić information content (AvgIpc) is 2.76. The van der Waals surface area contributed by atoms with Crippen LogP contribution in [0.5, 0.6) is 0 Å². The molecule has 0 atom stereocenters. The molecule has 2 rings (SSSR count). The number of nitrogens with zero attached hydrogens (tertiary/aromatic N) is 2. The summed E-state index contributed by atoms with van der Waals surface area (Å²) in [5.41, 5.74) is 8.90. The molecule has 2 aromatic rings. The van der Waals surface area contributed by atoms with Crippen LogP contribution in [0, 0.1) is 0 Å². The van der Waals surface area contributed by atoms with E-state index in [4.69, 9.17) is 5.73 Å². The number of nitrogen functional groups attached to an aromatic ring is 1. The number of nitrogens with one attached hydrogen (secondary N) is 1. The molecular formula is C14H20N4O2S. The molecule has 0 unspecified atom stereocenters. The Morgan fingerprint density at radius 3 is 2.71 bits per heavy atom. The maximum Gasteiger partial charge on any atom is 0.177 e. The Bertz CT molecular complexity index is 750. The molecular weight excluding hydrogens is 288 g/mol. The van der Waals surface area contributed by atoms with E-state index in [-0.39, 0.29) is 10.6 Å². The Morgan fingerprint density at radius 1 is 1.38 bits per heavy atom. The minimum Gasteiger partial charge on any atom is -0.396 e. The molecule has 114 valence electrons. The Hall–Kier alpha value is -2.02. The van der Waals surface area contributed by atoms with Gasteiger partial charge in [-0.2, -0.15) is 5.10 Å². The zero-order valence-corrected chi connectivity index (χ0v) is 13.2. The molecule has 6 nitrogen and oxygen atoms in total. The van der Waals surface area contributed by atoms with Crippen LogP contribution in [0.1, 0.15) is 18.2 Å². The topological polar surface area (TPSA) is 90.0 Å². The van der Waals surface area contributed by atoms with E-state index in [1.54, 1.807) is 16.8 Å². The molecule has 3 N–H and O–H groups in total. The maximum absolute atomic E-state index is 11.7. The van der Waals surface area contributed by atoms with Crippen LogP contribution in [-0.2, 0) is 29.9 Å². The number of para-hydroxylation sites is 1. The predicted molar refractivity (Wildman–Crippen MR) is 83.9 cm³/mol. The number of hydrogen-bond donors (Lipinski definition) is 2. The van der Waals surface area contributed by atoms with E-state index < -0.39 is 9.84 Å². The number of hydrogen-bond acceptors (Lipinski definition) is 5. The third kappa shape index (κ3) is 3.36. The molecule has 0 amide bonds. The normalized spacial score (nSPS) is 11.6. The Balaban J connectivity index is 2.25. The number of sulfone groups is 1. The largest absolute Gasteiger partial charge is 0.396 e. The second-order valence-electron chi connectivity index (χ2n) is 4.97. The first-order valence-corrected chi connectivity index (χ1v) is 8.56. The lowest BCUT2D eigenvalue weighted by molar-refractivity contribution is 0.602. The van der Waals surface area contributed by atoms with Gasteiger partial charge in [0.15, 0.2) is 9.84 Å². The van der Waals surface area contributed by atoms with Gasteiger partial charge < -0.3 is 11.1 Å². The Morgan fingerprint density at radius 2 is 2.10 bits per heavy atom. The quantitative estimate of drug-likeness (QED) is 0.819. The van der Waals surface area contributed by atoms with Gasteiger partial charge in [0.05, 0.1) is 22.0 Å². The summed E-state index contributed by atoms with van der Waals surface area (Å²) >= 11 is 0.